The predicted molar refractivity (Wildman–Crippen MR) is 245 cm³/mol. The van der Waals surface area contributed by atoms with E-state index < -0.39 is 0 Å². The lowest BCUT2D eigenvalue weighted by atomic mass is 9.96. The molecule has 4 aromatic heterocycles. The molecule has 280 valence electrons. The molecule has 0 saturated heterocycles. The maximum atomic E-state index is 5.76. The fourth-order valence-electron chi connectivity index (χ4n) is 8.73. The van der Waals surface area contributed by atoms with Crippen molar-refractivity contribution < 1.29 is 0 Å². The summed E-state index contributed by atoms with van der Waals surface area (Å²) in [5.41, 5.74) is 21.8. The van der Waals surface area contributed by atoms with Crippen LogP contribution in [0.1, 0.15) is 30.9 Å². The van der Waals surface area contributed by atoms with Crippen molar-refractivity contribution in [1.82, 2.24) is 24.9 Å². The molecule has 59 heavy (non-hydrogen) atoms. The summed E-state index contributed by atoms with van der Waals surface area (Å²) >= 11 is 0. The molecule has 3 aliphatic rings. The molecule has 0 aliphatic carbocycles. The van der Waals surface area contributed by atoms with Gasteiger partial charge in [-0.05, 0) is 90.2 Å². The molecule has 3 aliphatic heterocycles. The second-order valence-corrected chi connectivity index (χ2v) is 15.2. The minimum absolute atomic E-state index is 0.877. The quantitative estimate of drug-likeness (QED) is 0.163. The Labute approximate surface area is 341 Å². The highest BCUT2D eigenvalue weighted by Gasteiger charge is 2.29. The summed E-state index contributed by atoms with van der Waals surface area (Å²) in [5.74, 6) is 0. The molecule has 0 fully saturated rings. The van der Waals surface area contributed by atoms with Crippen LogP contribution in [0.2, 0.25) is 0 Å². The van der Waals surface area contributed by atoms with Gasteiger partial charge in [0.2, 0.25) is 0 Å². The molecule has 0 amide bonds. The van der Waals surface area contributed by atoms with Crippen molar-refractivity contribution in [3.8, 4) is 67.0 Å². The predicted octanol–water partition coefficient (Wildman–Crippen LogP) is 13.6. The Kier molecular flexibility index (Phi) is 8.15. The van der Waals surface area contributed by atoms with E-state index in [1.165, 1.54) is 0 Å². The number of nitrogens with zero attached hydrogens (tertiary/aromatic N) is 3. The number of aromatic nitrogens is 5. The highest BCUT2D eigenvalue weighted by molar-refractivity contribution is 6.07. The monoisotopic (exact) mass is 758 g/mol. The van der Waals surface area contributed by atoms with Gasteiger partial charge in [0.25, 0.3) is 0 Å². The van der Waals surface area contributed by atoms with Gasteiger partial charge in [-0.25, -0.2) is 9.97 Å². The molecular weight excluding hydrogens is 721 g/mol. The van der Waals surface area contributed by atoms with Crippen LogP contribution in [0.3, 0.4) is 0 Å². The summed E-state index contributed by atoms with van der Waals surface area (Å²) in [6.07, 6.45) is 10.7. The fraction of sp³-hybridized carbons (Fsp3) is 0.0377. The van der Waals surface area contributed by atoms with Gasteiger partial charge in [0.1, 0.15) is 0 Å². The van der Waals surface area contributed by atoms with Gasteiger partial charge >= 0.3 is 0 Å². The first-order valence-electron chi connectivity index (χ1n) is 19.9. The first-order valence-corrected chi connectivity index (χ1v) is 19.9. The van der Waals surface area contributed by atoms with Crippen LogP contribution in [-0.2, 0) is 0 Å². The maximum absolute atomic E-state index is 5.76. The molecule has 8 bridgehead atoms. The van der Waals surface area contributed by atoms with E-state index in [4.69, 9.17) is 15.0 Å². The zero-order chi connectivity index (χ0) is 39.5. The molecule has 0 radical (unpaired) electrons. The van der Waals surface area contributed by atoms with Crippen molar-refractivity contribution in [1.29, 1.82) is 0 Å². The smallest absolute Gasteiger partial charge is 0.0837 e. The Bertz CT molecular complexity index is 3250. The van der Waals surface area contributed by atoms with Crippen molar-refractivity contribution in [3.05, 3.63) is 186 Å². The van der Waals surface area contributed by atoms with Crippen molar-refractivity contribution >= 4 is 46.0 Å². The molecule has 8 aromatic rings. The van der Waals surface area contributed by atoms with Crippen LogP contribution in [0, 0.1) is 0 Å². The lowest BCUT2D eigenvalue weighted by Crippen LogP contribution is -1.89. The Morgan fingerprint density at radius 2 is 0.898 bits per heavy atom. The molecular formula is C53H38N6. The number of aliphatic imine (C=N–C) groups is 1. The first-order chi connectivity index (χ1) is 29.1. The average Bonchev–Trinajstić information content (AvgIpc) is 4.14. The van der Waals surface area contributed by atoms with E-state index in [0.29, 0.717) is 0 Å². The summed E-state index contributed by atoms with van der Waals surface area (Å²) in [6.45, 7) is 4.16. The Morgan fingerprint density at radius 3 is 1.36 bits per heavy atom. The highest BCUT2D eigenvalue weighted by atomic mass is 14.8. The van der Waals surface area contributed by atoms with E-state index in [2.05, 4.69) is 198 Å². The molecule has 7 heterocycles. The number of rotatable bonds is 5. The van der Waals surface area contributed by atoms with Crippen molar-refractivity contribution in [3.63, 3.8) is 0 Å². The molecule has 0 saturated carbocycles. The van der Waals surface area contributed by atoms with Crippen molar-refractivity contribution in [2.24, 2.45) is 4.99 Å². The normalized spacial score (nSPS) is 13.8. The topological polar surface area (TPSA) is 85.5 Å². The Morgan fingerprint density at radius 1 is 0.458 bits per heavy atom. The van der Waals surface area contributed by atoms with Crippen molar-refractivity contribution in [2.75, 3.05) is 0 Å². The van der Waals surface area contributed by atoms with Gasteiger partial charge in [-0.1, -0.05) is 121 Å². The minimum Gasteiger partial charge on any atom is -0.360 e. The van der Waals surface area contributed by atoms with Gasteiger partial charge in [-0.15, -0.1) is 0 Å². The van der Waals surface area contributed by atoms with Gasteiger partial charge in [-0.3, -0.25) is 4.99 Å². The van der Waals surface area contributed by atoms with E-state index in [0.717, 1.165) is 123 Å². The number of hydrogen-bond donors (Lipinski definition) is 3. The number of aromatic amines is 3. The SMILES string of the molecule is CC1=CC(C)=N/C1=C/c1[nH]cc2c1-c1nc-2c(-c2ccccc2)c2ccc([nH]2)c(-c2ccccc2)c2nc(c(-c3ccccc3)c3ccc([nH]3)c1-c1ccccc1)C=C2. The molecule has 3 N–H and O–H groups in total. The molecule has 6 heteroatoms. The van der Waals surface area contributed by atoms with Gasteiger partial charge in [0.15, 0.2) is 0 Å². The molecule has 4 aromatic carbocycles. The van der Waals surface area contributed by atoms with Gasteiger partial charge in [0.05, 0.1) is 34.2 Å². The second-order valence-electron chi connectivity index (χ2n) is 15.2. The molecule has 11 rings (SSSR count). The van der Waals surface area contributed by atoms with Gasteiger partial charge < -0.3 is 15.0 Å². The first kappa shape index (κ1) is 34.4. The van der Waals surface area contributed by atoms with Crippen LogP contribution in [0.25, 0.3) is 107 Å². The zero-order valence-electron chi connectivity index (χ0n) is 32.6. The average molecular weight is 759 g/mol. The summed E-state index contributed by atoms with van der Waals surface area (Å²) in [6, 6.07) is 51.0. The van der Waals surface area contributed by atoms with Crippen LogP contribution >= 0.6 is 0 Å². The molecule has 0 spiro atoms. The number of hydrogen-bond acceptors (Lipinski definition) is 3. The Balaban J connectivity index is 1.36. The maximum Gasteiger partial charge on any atom is 0.0837 e. The number of fused-ring (bicyclic) bond motifs is 11. The highest BCUT2D eigenvalue weighted by Crippen LogP contribution is 2.48. The summed E-state index contributed by atoms with van der Waals surface area (Å²) < 4.78 is 0. The number of allylic oxidation sites excluding steroid dienone is 2. The fourth-order valence-corrected chi connectivity index (χ4v) is 8.73. The van der Waals surface area contributed by atoms with E-state index in [1.54, 1.807) is 0 Å². The lowest BCUT2D eigenvalue weighted by molar-refractivity contribution is 1.30. The molecule has 0 unspecified atom stereocenters. The summed E-state index contributed by atoms with van der Waals surface area (Å²) in [7, 11) is 0. The minimum atomic E-state index is 0.877. The van der Waals surface area contributed by atoms with E-state index in [-0.39, 0.29) is 0 Å². The number of benzene rings is 4. The molecule has 6 nitrogen and oxygen atoms in total. The third kappa shape index (κ3) is 5.92. The third-order valence-electron chi connectivity index (χ3n) is 11.4. The Hall–Kier alpha value is -7.83. The lowest BCUT2D eigenvalue weighted by Gasteiger charge is -2.08. The number of nitrogens with one attached hydrogen (secondary N) is 3. The van der Waals surface area contributed by atoms with Crippen LogP contribution in [0.5, 0.6) is 0 Å². The van der Waals surface area contributed by atoms with E-state index in [1.807, 2.05) is 6.92 Å². The van der Waals surface area contributed by atoms with E-state index >= 15 is 0 Å². The third-order valence-corrected chi connectivity index (χ3v) is 11.4. The molecule has 0 atom stereocenters. The van der Waals surface area contributed by atoms with Crippen LogP contribution in [-0.4, -0.2) is 30.6 Å². The van der Waals surface area contributed by atoms with E-state index in [9.17, 15) is 0 Å². The van der Waals surface area contributed by atoms with Crippen molar-refractivity contribution in [2.45, 2.75) is 13.8 Å². The van der Waals surface area contributed by atoms with Gasteiger partial charge in [-0.2, -0.15) is 0 Å². The second kappa shape index (κ2) is 14.0. The number of H-pyrrole nitrogens is 3. The van der Waals surface area contributed by atoms with Crippen LogP contribution < -0.4 is 0 Å². The standard InChI is InChI=1S/C53H38N6/c1-32-29-33(2)55-45(32)30-46-51-38(31-54-46)52-49(36-19-11-5-12-20-36)43-27-25-41(57-43)47(34-15-7-3-8-16-34)39-23-24-40(56-39)48(35-17-9-4-10-18-35)42-26-28-44(58-42)50(53(51)59-52)37-21-13-6-14-22-37/h3-31,54,57-58H,1-2H3/b45-30+,47-39?,47-41?,48-40?,48-42?,49-43?,50-44?,52-49?,53-50?. The zero-order valence-corrected chi connectivity index (χ0v) is 32.6. The van der Waals surface area contributed by atoms with Crippen LogP contribution in [0.15, 0.2) is 174 Å². The van der Waals surface area contributed by atoms with Crippen LogP contribution in [0.4, 0.5) is 0 Å². The van der Waals surface area contributed by atoms with Gasteiger partial charge in [0, 0.05) is 67.4 Å². The summed E-state index contributed by atoms with van der Waals surface area (Å²) in [5, 5.41) is 0. The largest absolute Gasteiger partial charge is 0.360 e. The summed E-state index contributed by atoms with van der Waals surface area (Å²) in [4.78, 5) is 27.6.